The molecule has 0 spiro atoms. The van der Waals surface area contributed by atoms with E-state index in [1.54, 1.807) is 24.2 Å². The van der Waals surface area contributed by atoms with Crippen LogP contribution in [-0.4, -0.2) is 47.1 Å². The lowest BCUT2D eigenvalue weighted by molar-refractivity contribution is -0.129. The molecule has 1 fully saturated rings. The molecule has 0 saturated carbocycles. The molecule has 0 bridgehead atoms. The monoisotopic (exact) mass is 355 g/mol. The number of benzene rings is 1. The zero-order valence-electron chi connectivity index (χ0n) is 14.9. The van der Waals surface area contributed by atoms with Gasteiger partial charge in [-0.2, -0.15) is 0 Å². The van der Waals surface area contributed by atoms with Crippen molar-refractivity contribution in [3.8, 4) is 0 Å². The fourth-order valence-electron chi connectivity index (χ4n) is 3.28. The Labute approximate surface area is 154 Å². The topological polar surface area (TPSA) is 36.4 Å². The zero-order chi connectivity index (χ0) is 17.6. The summed E-state index contributed by atoms with van der Waals surface area (Å²) in [7, 11) is 4.15. The molecule has 1 atom stereocenters. The van der Waals surface area contributed by atoms with Crippen LogP contribution in [0.2, 0.25) is 0 Å². The van der Waals surface area contributed by atoms with Gasteiger partial charge >= 0.3 is 0 Å². The van der Waals surface area contributed by atoms with Crippen LogP contribution in [0.5, 0.6) is 0 Å². The molecule has 1 aliphatic heterocycles. The van der Waals surface area contributed by atoms with E-state index in [1.165, 1.54) is 11.1 Å². The SMILES string of the molecule is CN(C)Cc1ccc([C@@H]2CCCN2C(=O)CSc2ccncc2)cc1. The van der Waals surface area contributed by atoms with Gasteiger partial charge in [-0.25, -0.2) is 0 Å². The summed E-state index contributed by atoms with van der Waals surface area (Å²) in [4.78, 5) is 22.0. The maximum absolute atomic E-state index is 12.7. The Morgan fingerprint density at radius 1 is 1.20 bits per heavy atom. The molecule has 1 saturated heterocycles. The first-order valence-electron chi connectivity index (χ1n) is 8.69. The number of carbonyl (C=O) groups is 1. The average molecular weight is 356 g/mol. The van der Waals surface area contributed by atoms with Gasteiger partial charge in [-0.3, -0.25) is 9.78 Å². The number of pyridine rings is 1. The van der Waals surface area contributed by atoms with Crippen LogP contribution in [0.1, 0.15) is 30.0 Å². The molecular formula is C20H25N3OS. The number of nitrogens with zero attached hydrogens (tertiary/aromatic N) is 3. The summed E-state index contributed by atoms with van der Waals surface area (Å²) in [6.07, 6.45) is 5.66. The maximum atomic E-state index is 12.7. The minimum absolute atomic E-state index is 0.221. The van der Waals surface area contributed by atoms with E-state index in [0.717, 1.165) is 30.8 Å². The molecule has 2 aromatic rings. The van der Waals surface area contributed by atoms with Crippen molar-refractivity contribution >= 4 is 17.7 Å². The second-order valence-electron chi connectivity index (χ2n) is 6.70. The Balaban J connectivity index is 1.62. The number of amides is 1. The van der Waals surface area contributed by atoms with Crippen molar-refractivity contribution in [2.75, 3.05) is 26.4 Å². The van der Waals surface area contributed by atoms with Gasteiger partial charge in [0.05, 0.1) is 11.8 Å². The quantitative estimate of drug-likeness (QED) is 0.742. The second kappa shape index (κ2) is 8.50. The van der Waals surface area contributed by atoms with E-state index in [0.29, 0.717) is 5.75 Å². The third-order valence-corrected chi connectivity index (χ3v) is 5.45. The van der Waals surface area contributed by atoms with Gasteiger partial charge in [0.1, 0.15) is 0 Å². The highest BCUT2D eigenvalue weighted by atomic mass is 32.2. The van der Waals surface area contributed by atoms with Crippen LogP contribution in [-0.2, 0) is 11.3 Å². The van der Waals surface area contributed by atoms with Crippen molar-refractivity contribution in [1.29, 1.82) is 0 Å². The van der Waals surface area contributed by atoms with Gasteiger partial charge < -0.3 is 9.80 Å². The third kappa shape index (κ3) is 4.83. The minimum Gasteiger partial charge on any atom is -0.335 e. The summed E-state index contributed by atoms with van der Waals surface area (Å²) < 4.78 is 0. The van der Waals surface area contributed by atoms with Crippen molar-refractivity contribution in [2.24, 2.45) is 0 Å². The standard InChI is InChI=1S/C20H25N3OS/c1-22(2)14-16-5-7-17(8-6-16)19-4-3-13-23(19)20(24)15-25-18-9-11-21-12-10-18/h5-12,19H,3-4,13-15H2,1-2H3/t19-/m0/s1. The number of likely N-dealkylation sites (tertiary alicyclic amines) is 1. The zero-order valence-corrected chi connectivity index (χ0v) is 15.7. The highest BCUT2D eigenvalue weighted by molar-refractivity contribution is 8.00. The van der Waals surface area contributed by atoms with Crippen molar-refractivity contribution in [1.82, 2.24) is 14.8 Å². The van der Waals surface area contributed by atoms with Crippen LogP contribution < -0.4 is 0 Å². The number of aromatic nitrogens is 1. The molecule has 4 nitrogen and oxygen atoms in total. The molecule has 1 aromatic heterocycles. The fraction of sp³-hybridized carbons (Fsp3) is 0.400. The van der Waals surface area contributed by atoms with Crippen LogP contribution in [0.3, 0.4) is 0 Å². The maximum Gasteiger partial charge on any atom is 0.233 e. The van der Waals surface area contributed by atoms with E-state index >= 15 is 0 Å². The van der Waals surface area contributed by atoms with Crippen LogP contribution in [0.15, 0.2) is 53.7 Å². The molecular weight excluding hydrogens is 330 g/mol. The molecule has 1 aliphatic rings. The molecule has 0 N–H and O–H groups in total. The van der Waals surface area contributed by atoms with Gasteiger partial charge in [-0.05, 0) is 50.2 Å². The predicted molar refractivity (Wildman–Crippen MR) is 102 cm³/mol. The number of thioether (sulfide) groups is 1. The van der Waals surface area contributed by atoms with E-state index in [2.05, 4.69) is 53.1 Å². The van der Waals surface area contributed by atoms with Crippen LogP contribution in [0.25, 0.3) is 0 Å². The molecule has 5 heteroatoms. The van der Waals surface area contributed by atoms with Crippen LogP contribution in [0.4, 0.5) is 0 Å². The molecule has 3 rings (SSSR count). The van der Waals surface area contributed by atoms with Gasteiger partial charge in [0, 0.05) is 30.4 Å². The van der Waals surface area contributed by atoms with Gasteiger partial charge in [-0.15, -0.1) is 11.8 Å². The summed E-state index contributed by atoms with van der Waals surface area (Å²) in [5.74, 6) is 0.709. The van der Waals surface area contributed by atoms with Gasteiger partial charge in [0.15, 0.2) is 0 Å². The summed E-state index contributed by atoms with van der Waals surface area (Å²) in [5.41, 5.74) is 2.56. The largest absolute Gasteiger partial charge is 0.335 e. The summed E-state index contributed by atoms with van der Waals surface area (Å²) >= 11 is 1.59. The molecule has 132 valence electrons. The molecule has 1 amide bonds. The Morgan fingerprint density at radius 2 is 1.92 bits per heavy atom. The lowest BCUT2D eigenvalue weighted by atomic mass is 10.0. The van der Waals surface area contributed by atoms with E-state index in [9.17, 15) is 4.79 Å². The van der Waals surface area contributed by atoms with Crippen molar-refractivity contribution in [3.05, 3.63) is 59.9 Å². The van der Waals surface area contributed by atoms with E-state index in [1.807, 2.05) is 12.1 Å². The molecule has 0 unspecified atom stereocenters. The Bertz CT molecular complexity index is 688. The summed E-state index contributed by atoms with van der Waals surface area (Å²) in [6.45, 7) is 1.80. The first-order chi connectivity index (χ1) is 12.1. The highest BCUT2D eigenvalue weighted by Crippen LogP contribution is 2.33. The van der Waals surface area contributed by atoms with Crippen molar-refractivity contribution in [2.45, 2.75) is 30.3 Å². The Kier molecular flexibility index (Phi) is 6.10. The smallest absolute Gasteiger partial charge is 0.233 e. The van der Waals surface area contributed by atoms with Gasteiger partial charge in [0.25, 0.3) is 0 Å². The lowest BCUT2D eigenvalue weighted by Crippen LogP contribution is -2.32. The molecule has 0 radical (unpaired) electrons. The number of carbonyl (C=O) groups excluding carboxylic acids is 1. The van der Waals surface area contributed by atoms with Crippen molar-refractivity contribution in [3.63, 3.8) is 0 Å². The Hall–Kier alpha value is -1.85. The number of hydrogen-bond donors (Lipinski definition) is 0. The number of rotatable bonds is 6. The van der Waals surface area contributed by atoms with E-state index < -0.39 is 0 Å². The summed E-state index contributed by atoms with van der Waals surface area (Å²) in [5, 5.41) is 0. The first kappa shape index (κ1) is 18.0. The predicted octanol–water partition coefficient (Wildman–Crippen LogP) is 3.60. The van der Waals surface area contributed by atoms with Gasteiger partial charge in [0.2, 0.25) is 5.91 Å². The summed E-state index contributed by atoms with van der Waals surface area (Å²) in [6, 6.07) is 12.9. The first-order valence-corrected chi connectivity index (χ1v) is 9.68. The van der Waals surface area contributed by atoms with Crippen LogP contribution in [0, 0.1) is 0 Å². The van der Waals surface area contributed by atoms with Crippen molar-refractivity contribution < 1.29 is 4.79 Å². The normalized spacial score (nSPS) is 17.2. The molecule has 25 heavy (non-hydrogen) atoms. The van der Waals surface area contributed by atoms with E-state index in [-0.39, 0.29) is 11.9 Å². The van der Waals surface area contributed by atoms with Crippen LogP contribution >= 0.6 is 11.8 Å². The third-order valence-electron chi connectivity index (χ3n) is 4.45. The Morgan fingerprint density at radius 3 is 2.60 bits per heavy atom. The lowest BCUT2D eigenvalue weighted by Gasteiger charge is -2.25. The molecule has 1 aromatic carbocycles. The highest BCUT2D eigenvalue weighted by Gasteiger charge is 2.29. The van der Waals surface area contributed by atoms with Gasteiger partial charge in [-0.1, -0.05) is 24.3 Å². The van der Waals surface area contributed by atoms with E-state index in [4.69, 9.17) is 0 Å². The average Bonchev–Trinajstić information content (AvgIpc) is 3.10. The minimum atomic E-state index is 0.221. The fourth-order valence-corrected chi connectivity index (χ4v) is 4.05. The molecule has 0 aliphatic carbocycles. The molecule has 2 heterocycles. The number of hydrogen-bond acceptors (Lipinski definition) is 4. The second-order valence-corrected chi connectivity index (χ2v) is 7.74.